The number of rotatable bonds is 4. The van der Waals surface area contributed by atoms with Crippen LogP contribution in [0, 0.1) is 11.3 Å². The molecular formula is C13H12BrN3O. The third kappa shape index (κ3) is 2.96. The maximum Gasteiger partial charge on any atom is 0.229 e. The van der Waals surface area contributed by atoms with Crippen LogP contribution in [0.15, 0.2) is 33.3 Å². The van der Waals surface area contributed by atoms with E-state index in [4.69, 9.17) is 9.78 Å². The highest BCUT2D eigenvalue weighted by atomic mass is 79.9. The number of nitriles is 1. The van der Waals surface area contributed by atoms with Crippen LogP contribution >= 0.6 is 15.9 Å². The fourth-order valence-corrected chi connectivity index (χ4v) is 1.98. The molecule has 0 radical (unpaired) electrons. The second-order valence-corrected chi connectivity index (χ2v) is 4.98. The first-order valence-electron chi connectivity index (χ1n) is 5.67. The van der Waals surface area contributed by atoms with Crippen molar-refractivity contribution in [2.24, 2.45) is 0 Å². The lowest BCUT2D eigenvalue weighted by Gasteiger charge is -2.00. The molecule has 0 amide bonds. The molecule has 1 heterocycles. The van der Waals surface area contributed by atoms with Crippen molar-refractivity contribution >= 4 is 15.9 Å². The predicted molar refractivity (Wildman–Crippen MR) is 70.7 cm³/mol. The summed E-state index contributed by atoms with van der Waals surface area (Å²) in [6.07, 6.45) is 1.23. The normalized spacial score (nSPS) is 12.1. The summed E-state index contributed by atoms with van der Waals surface area (Å²) in [7, 11) is 0. The van der Waals surface area contributed by atoms with E-state index in [1.807, 2.05) is 31.2 Å². The molecule has 0 saturated heterocycles. The quantitative estimate of drug-likeness (QED) is 0.859. The van der Waals surface area contributed by atoms with Gasteiger partial charge in [-0.05, 0) is 18.6 Å². The van der Waals surface area contributed by atoms with Gasteiger partial charge in [-0.2, -0.15) is 10.2 Å². The Morgan fingerprint density at radius 2 is 2.33 bits per heavy atom. The largest absolute Gasteiger partial charge is 0.339 e. The van der Waals surface area contributed by atoms with Gasteiger partial charge in [0.1, 0.15) is 0 Å². The Labute approximate surface area is 114 Å². The highest BCUT2D eigenvalue weighted by Gasteiger charge is 2.14. The highest BCUT2D eigenvalue weighted by molar-refractivity contribution is 9.10. The van der Waals surface area contributed by atoms with Gasteiger partial charge in [-0.3, -0.25) is 0 Å². The van der Waals surface area contributed by atoms with E-state index in [1.165, 1.54) is 0 Å². The van der Waals surface area contributed by atoms with E-state index in [0.29, 0.717) is 18.1 Å². The van der Waals surface area contributed by atoms with Gasteiger partial charge in [0.25, 0.3) is 0 Å². The molecule has 92 valence electrons. The van der Waals surface area contributed by atoms with E-state index in [2.05, 4.69) is 32.1 Å². The van der Waals surface area contributed by atoms with E-state index >= 15 is 0 Å². The van der Waals surface area contributed by atoms with Gasteiger partial charge in [-0.1, -0.05) is 40.1 Å². The van der Waals surface area contributed by atoms with Crippen LogP contribution in [-0.2, 0) is 0 Å². The zero-order valence-electron chi connectivity index (χ0n) is 9.93. The predicted octanol–water partition coefficient (Wildman–Crippen LogP) is 3.91. The van der Waals surface area contributed by atoms with Crippen molar-refractivity contribution in [3.63, 3.8) is 0 Å². The van der Waals surface area contributed by atoms with Crippen LogP contribution in [0.25, 0.3) is 11.4 Å². The van der Waals surface area contributed by atoms with E-state index in [9.17, 15) is 0 Å². The second-order valence-electron chi connectivity index (χ2n) is 4.06. The van der Waals surface area contributed by atoms with Crippen molar-refractivity contribution < 1.29 is 4.52 Å². The Morgan fingerprint density at radius 1 is 1.50 bits per heavy atom. The van der Waals surface area contributed by atoms with E-state index in [1.54, 1.807) is 0 Å². The van der Waals surface area contributed by atoms with Crippen LogP contribution in [0.4, 0.5) is 0 Å². The lowest BCUT2D eigenvalue weighted by atomic mass is 10.1. The smallest absolute Gasteiger partial charge is 0.229 e. The minimum absolute atomic E-state index is 0.109. The van der Waals surface area contributed by atoms with Gasteiger partial charge in [0.05, 0.1) is 6.07 Å². The molecule has 0 spiro atoms. The second kappa shape index (κ2) is 5.78. The Bertz CT molecular complexity index is 574. The number of halogens is 1. The summed E-state index contributed by atoms with van der Waals surface area (Å²) in [5, 5.41) is 12.5. The molecule has 2 rings (SSSR count). The fraction of sp³-hybridized carbons (Fsp3) is 0.308. The van der Waals surface area contributed by atoms with E-state index in [-0.39, 0.29) is 5.92 Å². The number of hydrogen-bond acceptors (Lipinski definition) is 4. The number of hydrogen-bond donors (Lipinski definition) is 0. The van der Waals surface area contributed by atoms with Crippen molar-refractivity contribution in [2.75, 3.05) is 0 Å². The highest BCUT2D eigenvalue weighted by Crippen LogP contribution is 2.24. The maximum atomic E-state index is 8.55. The van der Waals surface area contributed by atoms with Crippen LogP contribution in [0.3, 0.4) is 0 Å². The van der Waals surface area contributed by atoms with Gasteiger partial charge >= 0.3 is 0 Å². The van der Waals surface area contributed by atoms with Crippen LogP contribution in [0.2, 0.25) is 0 Å². The van der Waals surface area contributed by atoms with Gasteiger partial charge in [-0.25, -0.2) is 0 Å². The summed E-state index contributed by atoms with van der Waals surface area (Å²) in [4.78, 5) is 4.37. The van der Waals surface area contributed by atoms with Crippen molar-refractivity contribution in [3.8, 4) is 17.5 Å². The minimum Gasteiger partial charge on any atom is -0.339 e. The van der Waals surface area contributed by atoms with E-state index in [0.717, 1.165) is 16.5 Å². The molecular weight excluding hydrogens is 294 g/mol. The molecule has 1 aromatic heterocycles. The number of benzene rings is 1. The summed E-state index contributed by atoms with van der Waals surface area (Å²) in [6.45, 7) is 1.98. The molecule has 0 aliphatic heterocycles. The molecule has 1 unspecified atom stereocenters. The molecule has 4 nitrogen and oxygen atoms in total. The molecule has 1 aromatic carbocycles. The fourth-order valence-electron chi connectivity index (χ4n) is 1.58. The SMILES string of the molecule is CC(CCC#N)c1nc(-c2cccc(Br)c2)no1. The van der Waals surface area contributed by atoms with Gasteiger partial charge in [-0.15, -0.1) is 0 Å². The van der Waals surface area contributed by atoms with Crippen LogP contribution in [0.1, 0.15) is 31.6 Å². The lowest BCUT2D eigenvalue weighted by molar-refractivity contribution is 0.355. The third-order valence-electron chi connectivity index (χ3n) is 2.64. The summed E-state index contributed by atoms with van der Waals surface area (Å²) in [6, 6.07) is 9.86. The first-order chi connectivity index (χ1) is 8.70. The lowest BCUT2D eigenvalue weighted by Crippen LogP contribution is -1.93. The third-order valence-corrected chi connectivity index (χ3v) is 3.13. The average molecular weight is 306 g/mol. The molecule has 0 saturated carbocycles. The Kier molecular flexibility index (Phi) is 4.11. The monoisotopic (exact) mass is 305 g/mol. The molecule has 0 aliphatic carbocycles. The summed E-state index contributed by atoms with van der Waals surface area (Å²) in [5.41, 5.74) is 0.909. The minimum atomic E-state index is 0.109. The first kappa shape index (κ1) is 12.8. The molecule has 0 fully saturated rings. The van der Waals surface area contributed by atoms with Gasteiger partial charge < -0.3 is 4.52 Å². The van der Waals surface area contributed by atoms with Crippen molar-refractivity contribution in [3.05, 3.63) is 34.6 Å². The zero-order chi connectivity index (χ0) is 13.0. The molecule has 1 atom stereocenters. The Balaban J connectivity index is 2.18. The molecule has 18 heavy (non-hydrogen) atoms. The van der Waals surface area contributed by atoms with Gasteiger partial charge in [0, 0.05) is 22.4 Å². The Hall–Kier alpha value is -1.67. The molecule has 2 aromatic rings. The molecule has 0 aliphatic rings. The molecule has 0 bridgehead atoms. The first-order valence-corrected chi connectivity index (χ1v) is 6.46. The standard InChI is InChI=1S/C13H12BrN3O/c1-9(4-3-7-15)13-16-12(17-18-13)10-5-2-6-11(14)8-10/h2,5-6,8-9H,3-4H2,1H3. The molecule has 5 heteroatoms. The van der Waals surface area contributed by atoms with Crippen molar-refractivity contribution in [1.29, 1.82) is 5.26 Å². The van der Waals surface area contributed by atoms with E-state index < -0.39 is 0 Å². The zero-order valence-corrected chi connectivity index (χ0v) is 11.5. The van der Waals surface area contributed by atoms with Crippen molar-refractivity contribution in [1.82, 2.24) is 10.1 Å². The van der Waals surface area contributed by atoms with Crippen LogP contribution < -0.4 is 0 Å². The van der Waals surface area contributed by atoms with Gasteiger partial charge in [0.2, 0.25) is 11.7 Å². The number of nitrogens with zero attached hydrogens (tertiary/aromatic N) is 3. The summed E-state index contributed by atoms with van der Waals surface area (Å²) in [5.74, 6) is 1.27. The summed E-state index contributed by atoms with van der Waals surface area (Å²) < 4.78 is 6.21. The van der Waals surface area contributed by atoms with Crippen LogP contribution in [0.5, 0.6) is 0 Å². The van der Waals surface area contributed by atoms with Gasteiger partial charge in [0.15, 0.2) is 0 Å². The summed E-state index contributed by atoms with van der Waals surface area (Å²) >= 11 is 3.41. The molecule has 0 N–H and O–H groups in total. The van der Waals surface area contributed by atoms with Crippen LogP contribution in [-0.4, -0.2) is 10.1 Å². The average Bonchev–Trinajstić information content (AvgIpc) is 2.85. The topological polar surface area (TPSA) is 62.7 Å². The number of aromatic nitrogens is 2. The maximum absolute atomic E-state index is 8.55. The van der Waals surface area contributed by atoms with Crippen molar-refractivity contribution in [2.45, 2.75) is 25.7 Å². The Morgan fingerprint density at radius 3 is 3.06 bits per heavy atom.